The summed E-state index contributed by atoms with van der Waals surface area (Å²) in [7, 11) is 0. The molecule has 2 atom stereocenters. The third-order valence-electron chi connectivity index (χ3n) is 3.76. The Morgan fingerprint density at radius 2 is 2.00 bits per heavy atom. The van der Waals surface area contributed by atoms with Gasteiger partial charge in [-0.3, -0.25) is 4.90 Å². The molecule has 2 nitrogen and oxygen atoms in total. The van der Waals surface area contributed by atoms with Gasteiger partial charge >= 0.3 is 0 Å². The molecule has 0 unspecified atom stereocenters. The normalized spacial score (nSPS) is 29.6. The second-order valence-corrected chi connectivity index (χ2v) is 5.92. The van der Waals surface area contributed by atoms with Crippen molar-refractivity contribution in [3.05, 3.63) is 34.3 Å². The first kappa shape index (κ1) is 10.8. The Kier molecular flexibility index (Phi) is 3.01. The fraction of sp³-hybridized carbons (Fsp3) is 0.538. The van der Waals surface area contributed by atoms with Gasteiger partial charge in [-0.2, -0.15) is 0 Å². The van der Waals surface area contributed by atoms with Gasteiger partial charge in [-0.25, -0.2) is 0 Å². The van der Waals surface area contributed by atoms with Gasteiger partial charge in [0.2, 0.25) is 0 Å². The van der Waals surface area contributed by atoms with Crippen LogP contribution in [0.2, 0.25) is 0 Å². The number of hydrogen-bond acceptors (Lipinski definition) is 2. The summed E-state index contributed by atoms with van der Waals surface area (Å²) in [6.07, 6.45) is 0. The van der Waals surface area contributed by atoms with Crippen molar-refractivity contribution in [2.45, 2.75) is 6.54 Å². The topological polar surface area (TPSA) is 15.3 Å². The van der Waals surface area contributed by atoms with Crippen LogP contribution in [0, 0.1) is 11.8 Å². The van der Waals surface area contributed by atoms with Crippen LogP contribution in [0.25, 0.3) is 0 Å². The summed E-state index contributed by atoms with van der Waals surface area (Å²) in [5.41, 5.74) is 1.42. The van der Waals surface area contributed by atoms with E-state index in [4.69, 9.17) is 0 Å². The molecule has 0 radical (unpaired) electrons. The van der Waals surface area contributed by atoms with Crippen LogP contribution >= 0.6 is 15.9 Å². The van der Waals surface area contributed by atoms with Gasteiger partial charge in [0.1, 0.15) is 0 Å². The Hall–Kier alpha value is -0.380. The minimum Gasteiger partial charge on any atom is -0.316 e. The highest BCUT2D eigenvalue weighted by molar-refractivity contribution is 9.10. The van der Waals surface area contributed by atoms with Crippen LogP contribution in [-0.4, -0.2) is 31.1 Å². The summed E-state index contributed by atoms with van der Waals surface area (Å²) in [5.74, 6) is 1.79. The number of nitrogens with zero attached hydrogens (tertiary/aromatic N) is 1. The van der Waals surface area contributed by atoms with Gasteiger partial charge in [0.05, 0.1) is 0 Å². The molecule has 0 saturated carbocycles. The molecule has 0 amide bonds. The zero-order valence-corrected chi connectivity index (χ0v) is 10.9. The van der Waals surface area contributed by atoms with E-state index in [0.29, 0.717) is 0 Å². The lowest BCUT2D eigenvalue weighted by Gasteiger charge is -2.17. The predicted octanol–water partition coefficient (Wildman–Crippen LogP) is 2.10. The molecule has 1 N–H and O–H groups in total. The lowest BCUT2D eigenvalue weighted by Crippen LogP contribution is -2.25. The standard InChI is InChI=1S/C13H17BrN2/c14-13-3-1-2-10(4-13)7-16-8-11-5-15-6-12(11)9-16/h1-4,11-12,15H,5-9H2/t11-,12+. The zero-order chi connectivity index (χ0) is 11.0. The SMILES string of the molecule is Brc1cccc(CN2C[C@H]3CNC[C@H]3C2)c1. The van der Waals surface area contributed by atoms with Crippen LogP contribution in [0.15, 0.2) is 28.7 Å². The van der Waals surface area contributed by atoms with Crippen LogP contribution in [0.5, 0.6) is 0 Å². The number of benzene rings is 1. The summed E-state index contributed by atoms with van der Waals surface area (Å²) in [6.45, 7) is 6.08. The third kappa shape index (κ3) is 2.17. The number of likely N-dealkylation sites (tertiary alicyclic amines) is 1. The molecule has 2 fully saturated rings. The first-order valence-corrected chi connectivity index (χ1v) is 6.78. The van der Waals surface area contributed by atoms with Crippen molar-refractivity contribution in [3.8, 4) is 0 Å². The Morgan fingerprint density at radius 1 is 1.25 bits per heavy atom. The minimum atomic E-state index is 0.896. The number of hydrogen-bond donors (Lipinski definition) is 1. The van der Waals surface area contributed by atoms with Crippen molar-refractivity contribution < 1.29 is 0 Å². The Balaban J connectivity index is 1.64. The second-order valence-electron chi connectivity index (χ2n) is 5.00. The molecule has 2 saturated heterocycles. The number of nitrogens with one attached hydrogen (secondary N) is 1. The average Bonchev–Trinajstić information content (AvgIpc) is 2.77. The van der Waals surface area contributed by atoms with Crippen molar-refractivity contribution in [3.63, 3.8) is 0 Å². The van der Waals surface area contributed by atoms with E-state index in [0.717, 1.165) is 18.4 Å². The summed E-state index contributed by atoms with van der Waals surface area (Å²) >= 11 is 3.53. The first-order valence-electron chi connectivity index (χ1n) is 5.99. The molecule has 0 aromatic heterocycles. The van der Waals surface area contributed by atoms with Crippen molar-refractivity contribution in [2.24, 2.45) is 11.8 Å². The first-order chi connectivity index (χ1) is 7.81. The summed E-state index contributed by atoms with van der Waals surface area (Å²) in [5, 5.41) is 3.48. The van der Waals surface area contributed by atoms with Crippen molar-refractivity contribution in [1.82, 2.24) is 10.2 Å². The van der Waals surface area contributed by atoms with Crippen LogP contribution < -0.4 is 5.32 Å². The Bertz CT molecular complexity index is 368. The van der Waals surface area contributed by atoms with Gasteiger partial charge < -0.3 is 5.32 Å². The number of fused-ring (bicyclic) bond motifs is 1. The van der Waals surface area contributed by atoms with Crippen molar-refractivity contribution in [1.29, 1.82) is 0 Å². The van der Waals surface area contributed by atoms with Gasteiger partial charge in [-0.15, -0.1) is 0 Å². The molecule has 0 spiro atoms. The fourth-order valence-electron chi connectivity index (χ4n) is 2.98. The van der Waals surface area contributed by atoms with E-state index in [9.17, 15) is 0 Å². The Morgan fingerprint density at radius 3 is 2.69 bits per heavy atom. The van der Waals surface area contributed by atoms with Crippen LogP contribution in [0.3, 0.4) is 0 Å². The molecule has 1 aromatic rings. The van der Waals surface area contributed by atoms with Gasteiger partial charge in [0.15, 0.2) is 0 Å². The molecule has 0 aliphatic carbocycles. The van der Waals surface area contributed by atoms with E-state index in [1.165, 1.54) is 36.2 Å². The predicted molar refractivity (Wildman–Crippen MR) is 69.3 cm³/mol. The maximum atomic E-state index is 3.53. The summed E-state index contributed by atoms with van der Waals surface area (Å²) in [4.78, 5) is 2.60. The second kappa shape index (κ2) is 4.47. The fourth-order valence-corrected chi connectivity index (χ4v) is 3.42. The molecular weight excluding hydrogens is 264 g/mol. The molecule has 0 bridgehead atoms. The van der Waals surface area contributed by atoms with Crippen molar-refractivity contribution in [2.75, 3.05) is 26.2 Å². The van der Waals surface area contributed by atoms with E-state index in [2.05, 4.69) is 50.4 Å². The lowest BCUT2D eigenvalue weighted by atomic mass is 10.0. The van der Waals surface area contributed by atoms with E-state index in [-0.39, 0.29) is 0 Å². The molecule has 86 valence electrons. The highest BCUT2D eigenvalue weighted by Gasteiger charge is 2.35. The van der Waals surface area contributed by atoms with E-state index in [1.54, 1.807) is 0 Å². The molecule has 2 aliphatic rings. The largest absolute Gasteiger partial charge is 0.316 e. The molecule has 2 heterocycles. The molecule has 3 heteroatoms. The smallest absolute Gasteiger partial charge is 0.0234 e. The van der Waals surface area contributed by atoms with E-state index >= 15 is 0 Å². The van der Waals surface area contributed by atoms with E-state index in [1.807, 2.05) is 0 Å². The quantitative estimate of drug-likeness (QED) is 0.893. The van der Waals surface area contributed by atoms with Crippen LogP contribution in [0.4, 0.5) is 0 Å². The van der Waals surface area contributed by atoms with E-state index < -0.39 is 0 Å². The van der Waals surface area contributed by atoms with Crippen molar-refractivity contribution >= 4 is 15.9 Å². The number of halogens is 1. The highest BCUT2D eigenvalue weighted by Crippen LogP contribution is 2.27. The van der Waals surface area contributed by atoms with Gasteiger partial charge in [-0.1, -0.05) is 28.1 Å². The molecular formula is C13H17BrN2. The molecule has 1 aromatic carbocycles. The summed E-state index contributed by atoms with van der Waals surface area (Å²) in [6, 6.07) is 8.66. The van der Waals surface area contributed by atoms with Gasteiger partial charge in [0.25, 0.3) is 0 Å². The summed E-state index contributed by atoms with van der Waals surface area (Å²) < 4.78 is 1.19. The molecule has 2 aliphatic heterocycles. The lowest BCUT2D eigenvalue weighted by molar-refractivity contribution is 0.305. The molecule has 16 heavy (non-hydrogen) atoms. The molecule has 3 rings (SSSR count). The maximum Gasteiger partial charge on any atom is 0.0234 e. The van der Waals surface area contributed by atoms with Crippen LogP contribution in [-0.2, 0) is 6.54 Å². The van der Waals surface area contributed by atoms with Gasteiger partial charge in [-0.05, 0) is 42.6 Å². The average molecular weight is 281 g/mol. The third-order valence-corrected chi connectivity index (χ3v) is 4.25. The minimum absolute atomic E-state index is 0.896. The monoisotopic (exact) mass is 280 g/mol. The van der Waals surface area contributed by atoms with Gasteiger partial charge in [0, 0.05) is 24.1 Å². The maximum absolute atomic E-state index is 3.53. The number of rotatable bonds is 2. The Labute approximate surface area is 105 Å². The zero-order valence-electron chi connectivity index (χ0n) is 9.32. The van der Waals surface area contributed by atoms with Crippen LogP contribution in [0.1, 0.15) is 5.56 Å². The highest BCUT2D eigenvalue weighted by atomic mass is 79.9.